The van der Waals surface area contributed by atoms with Crippen molar-refractivity contribution in [3.05, 3.63) is 35.4 Å². The van der Waals surface area contributed by atoms with Gasteiger partial charge in [-0.3, -0.25) is 9.59 Å². The first kappa shape index (κ1) is 14.1. The van der Waals surface area contributed by atoms with Crippen molar-refractivity contribution < 1.29 is 27.6 Å². The van der Waals surface area contributed by atoms with Crippen LogP contribution in [0.3, 0.4) is 0 Å². The van der Waals surface area contributed by atoms with Gasteiger partial charge in [0.2, 0.25) is 0 Å². The van der Waals surface area contributed by atoms with E-state index in [9.17, 15) is 22.8 Å². The van der Waals surface area contributed by atoms with Gasteiger partial charge in [0.15, 0.2) is 0 Å². The largest absolute Gasteiger partial charge is 0.347 e. The van der Waals surface area contributed by atoms with Crippen LogP contribution in [0.15, 0.2) is 24.3 Å². The highest BCUT2D eigenvalue weighted by Crippen LogP contribution is 2.22. The summed E-state index contributed by atoms with van der Waals surface area (Å²) in [5.74, 6) is -2.74. The fraction of sp³-hybridized carbons (Fsp3) is 0.100. The molecule has 9 nitrogen and oxygen atoms in total. The molecule has 1 heterocycles. The van der Waals surface area contributed by atoms with E-state index in [1.165, 1.54) is 12.1 Å². The summed E-state index contributed by atoms with van der Waals surface area (Å²) in [7, 11) is -4.07. The fourth-order valence-electron chi connectivity index (χ4n) is 1.54. The third-order valence-corrected chi connectivity index (χ3v) is 2.91. The molecule has 0 bridgehead atoms. The minimum atomic E-state index is -4.07. The van der Waals surface area contributed by atoms with Crippen LogP contribution in [-0.4, -0.2) is 37.8 Å². The van der Waals surface area contributed by atoms with Crippen molar-refractivity contribution >= 4 is 28.0 Å². The number of nitrogens with two attached hydrogens (primary N) is 1. The van der Waals surface area contributed by atoms with E-state index in [4.69, 9.17) is 0 Å². The lowest BCUT2D eigenvalue weighted by Crippen LogP contribution is -2.40. The molecule has 1 aromatic carbocycles. The Labute approximate surface area is 113 Å². The normalized spacial score (nSPS) is 14.3. The molecular formula is C10H9N3O6S. The standard InChI is InChI=1S/C10H9N3O6S/c11-20(17,18)12-5-8(14)19-13-9(15)6-3-1-2-4-7(6)10(13)16/h1-4,12H,5H2,(H2,11,17,18). The van der Waals surface area contributed by atoms with Crippen LogP contribution in [-0.2, 0) is 19.8 Å². The summed E-state index contributed by atoms with van der Waals surface area (Å²) in [4.78, 5) is 39.5. The van der Waals surface area contributed by atoms with Crippen molar-refractivity contribution in [3.63, 3.8) is 0 Å². The summed E-state index contributed by atoms with van der Waals surface area (Å²) in [5.41, 5.74) is 0.203. The smallest absolute Gasteiger partial charge is 0.328 e. The van der Waals surface area contributed by atoms with Gasteiger partial charge in [-0.2, -0.15) is 13.1 Å². The maximum absolute atomic E-state index is 11.8. The number of nitrogens with zero attached hydrogens (tertiary/aromatic N) is 1. The quantitative estimate of drug-likeness (QED) is 0.652. The summed E-state index contributed by atoms with van der Waals surface area (Å²) in [6.07, 6.45) is 0. The second kappa shape index (κ2) is 5.00. The number of rotatable bonds is 4. The van der Waals surface area contributed by atoms with Crippen molar-refractivity contribution in [2.45, 2.75) is 0 Å². The first-order valence-electron chi connectivity index (χ1n) is 5.25. The number of hydrogen-bond donors (Lipinski definition) is 2. The molecule has 0 aromatic heterocycles. The van der Waals surface area contributed by atoms with Crippen LogP contribution in [0.25, 0.3) is 0 Å². The number of hydroxylamine groups is 2. The van der Waals surface area contributed by atoms with Gasteiger partial charge < -0.3 is 4.84 Å². The zero-order valence-corrected chi connectivity index (χ0v) is 10.7. The lowest BCUT2D eigenvalue weighted by Gasteiger charge is -2.12. The van der Waals surface area contributed by atoms with Crippen LogP contribution < -0.4 is 9.86 Å². The summed E-state index contributed by atoms with van der Waals surface area (Å²) in [5, 5.41) is 4.90. The Bertz CT molecular complexity index is 664. The molecular weight excluding hydrogens is 290 g/mol. The van der Waals surface area contributed by atoms with Gasteiger partial charge in [0.05, 0.1) is 11.1 Å². The van der Waals surface area contributed by atoms with Gasteiger partial charge in [0.1, 0.15) is 6.54 Å². The predicted molar refractivity (Wildman–Crippen MR) is 64.1 cm³/mol. The summed E-state index contributed by atoms with van der Waals surface area (Å²) in [6.45, 7) is -0.799. The molecule has 0 spiro atoms. The van der Waals surface area contributed by atoms with Crippen LogP contribution in [0.1, 0.15) is 20.7 Å². The number of nitrogens with one attached hydrogen (secondary N) is 1. The van der Waals surface area contributed by atoms with Gasteiger partial charge in [-0.1, -0.05) is 17.2 Å². The average molecular weight is 299 g/mol. The molecule has 0 unspecified atom stereocenters. The Kier molecular flexibility index (Phi) is 3.53. The van der Waals surface area contributed by atoms with Gasteiger partial charge in [-0.05, 0) is 12.1 Å². The Morgan fingerprint density at radius 2 is 1.70 bits per heavy atom. The number of carbonyl (C=O) groups is 3. The molecule has 0 saturated heterocycles. The molecule has 3 N–H and O–H groups in total. The molecule has 1 aliphatic rings. The number of imide groups is 1. The van der Waals surface area contributed by atoms with Crippen LogP contribution >= 0.6 is 0 Å². The first-order chi connectivity index (χ1) is 9.29. The molecule has 0 saturated carbocycles. The highest BCUT2D eigenvalue weighted by molar-refractivity contribution is 7.87. The molecule has 106 valence electrons. The molecule has 2 rings (SSSR count). The Morgan fingerprint density at radius 1 is 1.20 bits per heavy atom. The van der Waals surface area contributed by atoms with E-state index in [0.29, 0.717) is 0 Å². The summed E-state index contributed by atoms with van der Waals surface area (Å²) >= 11 is 0. The topological polar surface area (TPSA) is 136 Å². The van der Waals surface area contributed by atoms with Crippen molar-refractivity contribution in [1.82, 2.24) is 9.79 Å². The third kappa shape index (κ3) is 2.82. The number of carbonyl (C=O) groups excluding carboxylic acids is 3. The highest BCUT2D eigenvalue weighted by atomic mass is 32.2. The lowest BCUT2D eigenvalue weighted by atomic mass is 10.1. The third-order valence-electron chi connectivity index (χ3n) is 2.37. The SMILES string of the molecule is NS(=O)(=O)NCC(=O)ON1C(=O)c2ccccc2C1=O. The Hall–Kier alpha value is -2.30. The zero-order chi connectivity index (χ0) is 14.9. The van der Waals surface area contributed by atoms with Gasteiger partial charge in [0.25, 0.3) is 22.0 Å². The van der Waals surface area contributed by atoms with Crippen molar-refractivity contribution in [2.75, 3.05) is 6.54 Å². The van der Waals surface area contributed by atoms with E-state index in [1.54, 1.807) is 16.9 Å². The van der Waals surface area contributed by atoms with Gasteiger partial charge in [-0.25, -0.2) is 9.93 Å². The Balaban J connectivity index is 2.07. The average Bonchev–Trinajstić information content (AvgIpc) is 2.62. The molecule has 20 heavy (non-hydrogen) atoms. The monoisotopic (exact) mass is 299 g/mol. The van der Waals surface area contributed by atoms with Crippen molar-refractivity contribution in [2.24, 2.45) is 5.14 Å². The first-order valence-corrected chi connectivity index (χ1v) is 6.80. The molecule has 0 atom stereocenters. The summed E-state index contributed by atoms with van der Waals surface area (Å²) in [6, 6.07) is 5.92. The van der Waals surface area contributed by atoms with E-state index in [2.05, 4.69) is 9.98 Å². The van der Waals surface area contributed by atoms with E-state index in [0.717, 1.165) is 0 Å². The predicted octanol–water partition coefficient (Wildman–Crippen LogP) is -1.47. The molecule has 0 radical (unpaired) electrons. The number of benzene rings is 1. The van der Waals surface area contributed by atoms with Crippen LogP contribution in [0.5, 0.6) is 0 Å². The highest BCUT2D eigenvalue weighted by Gasteiger charge is 2.38. The molecule has 1 aromatic rings. The molecule has 0 fully saturated rings. The minimum absolute atomic E-state index is 0.102. The van der Waals surface area contributed by atoms with Crippen LogP contribution in [0.2, 0.25) is 0 Å². The van der Waals surface area contributed by atoms with E-state index in [1.807, 2.05) is 0 Å². The Morgan fingerprint density at radius 3 is 2.15 bits per heavy atom. The molecule has 2 amide bonds. The van der Waals surface area contributed by atoms with Gasteiger partial charge in [-0.15, -0.1) is 0 Å². The molecule has 10 heteroatoms. The van der Waals surface area contributed by atoms with Crippen LogP contribution in [0, 0.1) is 0 Å². The van der Waals surface area contributed by atoms with Gasteiger partial charge in [0, 0.05) is 0 Å². The minimum Gasteiger partial charge on any atom is -0.328 e. The van der Waals surface area contributed by atoms with E-state index < -0.39 is 34.5 Å². The number of fused-ring (bicyclic) bond motifs is 1. The van der Waals surface area contributed by atoms with E-state index >= 15 is 0 Å². The second-order valence-corrected chi connectivity index (χ2v) is 5.16. The number of amides is 2. The maximum atomic E-state index is 11.8. The van der Waals surface area contributed by atoms with E-state index in [-0.39, 0.29) is 16.2 Å². The molecule has 0 aliphatic carbocycles. The number of hydrogen-bond acceptors (Lipinski definition) is 6. The second-order valence-electron chi connectivity index (χ2n) is 3.78. The zero-order valence-electron chi connectivity index (χ0n) is 9.90. The van der Waals surface area contributed by atoms with Gasteiger partial charge >= 0.3 is 5.97 Å². The summed E-state index contributed by atoms with van der Waals surface area (Å²) < 4.78 is 22.9. The van der Waals surface area contributed by atoms with Crippen LogP contribution in [0.4, 0.5) is 0 Å². The molecule has 1 aliphatic heterocycles. The maximum Gasteiger partial charge on any atom is 0.347 e. The lowest BCUT2D eigenvalue weighted by molar-refractivity contribution is -0.166. The van der Waals surface area contributed by atoms with Crippen molar-refractivity contribution in [3.8, 4) is 0 Å². The fourth-order valence-corrected chi connectivity index (χ4v) is 1.86. The van der Waals surface area contributed by atoms with Crippen molar-refractivity contribution in [1.29, 1.82) is 0 Å².